The second-order valence-electron chi connectivity index (χ2n) is 1.95. The fraction of sp³-hybridized carbons (Fsp3) is 0.750. The van der Waals surface area contributed by atoms with Gasteiger partial charge in [0.05, 0.1) is 0 Å². The van der Waals surface area contributed by atoms with Crippen LogP contribution in [0.1, 0.15) is 0 Å². The highest BCUT2D eigenvalue weighted by atomic mass is 35.5. The Hall–Kier alpha value is 1.45. The third kappa shape index (κ3) is 0.750. The molecule has 0 aromatic rings. The molecule has 9 heavy (non-hydrogen) atoms. The molecular weight excluding hydrogens is 225 g/mol. The van der Waals surface area contributed by atoms with Gasteiger partial charge in [-0.3, -0.25) is 0 Å². The van der Waals surface area contributed by atoms with Crippen LogP contribution in [-0.2, 0) is 0 Å². The van der Waals surface area contributed by atoms with E-state index in [2.05, 4.69) is 6.92 Å². The summed E-state index contributed by atoms with van der Waals surface area (Å²) in [5.41, 5.74) is 0. The van der Waals surface area contributed by atoms with E-state index in [4.69, 9.17) is 58.0 Å². The highest BCUT2D eigenvalue weighted by molar-refractivity contribution is 6.75. The molecule has 0 unspecified atom stereocenters. The van der Waals surface area contributed by atoms with Crippen LogP contribution in [0.3, 0.4) is 0 Å². The summed E-state index contributed by atoms with van der Waals surface area (Å²) in [6.45, 7) is 3.43. The van der Waals surface area contributed by atoms with E-state index in [1.54, 1.807) is 0 Å². The van der Waals surface area contributed by atoms with Gasteiger partial charge in [0.1, 0.15) is 4.87 Å². The summed E-state index contributed by atoms with van der Waals surface area (Å²) in [4.78, 5) is -1.17. The van der Waals surface area contributed by atoms with Crippen LogP contribution < -0.4 is 0 Å². The molecule has 0 aromatic carbocycles. The molecule has 0 bridgehead atoms. The van der Waals surface area contributed by atoms with Crippen LogP contribution in [0.4, 0.5) is 0 Å². The number of halogens is 5. The second-order valence-corrected chi connectivity index (χ2v) is 5.25. The molecule has 0 aromatic heterocycles. The minimum Gasteiger partial charge on any atom is -0.112 e. The average Bonchev–Trinajstić information content (AvgIpc) is 1.84. The first-order valence-electron chi connectivity index (χ1n) is 2.05. The Morgan fingerprint density at radius 1 is 0.778 bits per heavy atom. The minimum absolute atomic E-state index is 1.17. The van der Waals surface area contributed by atoms with Crippen molar-refractivity contribution >= 4 is 58.0 Å². The van der Waals surface area contributed by atoms with E-state index < -0.39 is 13.5 Å². The van der Waals surface area contributed by atoms with Crippen LogP contribution in [0.15, 0.2) is 0 Å². The monoisotopic (exact) mass is 225 g/mol. The van der Waals surface area contributed by atoms with Crippen molar-refractivity contribution in [2.75, 3.05) is 0 Å². The number of rotatable bonds is 0. The van der Waals surface area contributed by atoms with E-state index in [9.17, 15) is 0 Å². The summed E-state index contributed by atoms with van der Waals surface area (Å²) < 4.78 is -2.66. The lowest BCUT2D eigenvalue weighted by Crippen LogP contribution is -2.02. The number of hydrogen-bond donors (Lipinski definition) is 0. The SMILES string of the molecule is [CH2]C1(Cl)C(Cl)(Cl)C1(Cl)Cl. The van der Waals surface area contributed by atoms with Gasteiger partial charge in [-0.2, -0.15) is 0 Å². The molecule has 1 rings (SSSR count). The molecule has 0 nitrogen and oxygen atoms in total. The Morgan fingerprint density at radius 3 is 0.889 bits per heavy atom. The maximum Gasteiger partial charge on any atom is 0.174 e. The molecule has 5 heteroatoms. The lowest BCUT2D eigenvalue weighted by atomic mass is 10.5. The van der Waals surface area contributed by atoms with E-state index in [-0.39, 0.29) is 0 Å². The molecule has 53 valence electrons. The molecule has 0 heterocycles. The van der Waals surface area contributed by atoms with Crippen LogP contribution in [0.2, 0.25) is 0 Å². The zero-order valence-electron chi connectivity index (χ0n) is 4.10. The van der Waals surface area contributed by atoms with Crippen molar-refractivity contribution in [1.29, 1.82) is 0 Å². The van der Waals surface area contributed by atoms with Crippen molar-refractivity contribution in [3.05, 3.63) is 6.92 Å². The first-order valence-corrected chi connectivity index (χ1v) is 3.94. The van der Waals surface area contributed by atoms with Gasteiger partial charge in [-0.25, -0.2) is 0 Å². The molecule has 1 aliphatic rings. The van der Waals surface area contributed by atoms with Gasteiger partial charge in [-0.1, -0.05) is 46.4 Å². The molecule has 1 radical (unpaired) electrons. The Balaban J connectivity index is 2.91. The Bertz CT molecular complexity index is 107. The van der Waals surface area contributed by atoms with Gasteiger partial charge in [-0.05, 0) is 6.92 Å². The summed E-state index contributed by atoms with van der Waals surface area (Å²) in [5, 5.41) is 0. The fourth-order valence-corrected chi connectivity index (χ4v) is 2.09. The molecular formula is C4H2Cl5. The number of alkyl halides is 5. The van der Waals surface area contributed by atoms with Crippen LogP contribution in [0.5, 0.6) is 0 Å². The topological polar surface area (TPSA) is 0 Å². The van der Waals surface area contributed by atoms with E-state index in [0.29, 0.717) is 0 Å². The molecule has 1 fully saturated rings. The van der Waals surface area contributed by atoms with Crippen molar-refractivity contribution in [3.63, 3.8) is 0 Å². The van der Waals surface area contributed by atoms with Gasteiger partial charge in [-0.15, -0.1) is 11.6 Å². The first-order chi connectivity index (χ1) is 3.75. The van der Waals surface area contributed by atoms with Gasteiger partial charge in [0.25, 0.3) is 0 Å². The Morgan fingerprint density at radius 2 is 0.889 bits per heavy atom. The van der Waals surface area contributed by atoms with Gasteiger partial charge in [0.2, 0.25) is 0 Å². The van der Waals surface area contributed by atoms with Crippen LogP contribution in [0.25, 0.3) is 0 Å². The molecule has 0 atom stereocenters. The summed E-state index contributed by atoms with van der Waals surface area (Å²) in [6.07, 6.45) is 0. The largest absolute Gasteiger partial charge is 0.174 e. The summed E-state index contributed by atoms with van der Waals surface area (Å²) >= 11 is 27.7. The fourth-order valence-electron chi connectivity index (χ4n) is 0.439. The van der Waals surface area contributed by atoms with E-state index in [1.165, 1.54) is 0 Å². The van der Waals surface area contributed by atoms with E-state index >= 15 is 0 Å². The first kappa shape index (κ1) is 8.55. The van der Waals surface area contributed by atoms with E-state index in [0.717, 1.165) is 0 Å². The Kier molecular flexibility index (Phi) is 1.69. The predicted molar refractivity (Wildman–Crippen MR) is 42.8 cm³/mol. The van der Waals surface area contributed by atoms with Gasteiger partial charge in [0.15, 0.2) is 8.67 Å². The quantitative estimate of drug-likeness (QED) is 0.558. The minimum atomic E-state index is -1.33. The third-order valence-corrected chi connectivity index (χ3v) is 5.09. The molecule has 1 saturated carbocycles. The zero-order chi connectivity index (χ0) is 7.50. The average molecular weight is 227 g/mol. The number of hydrogen-bond acceptors (Lipinski definition) is 0. The molecule has 0 saturated heterocycles. The highest BCUT2D eigenvalue weighted by Gasteiger charge is 2.84. The summed E-state index contributed by atoms with van der Waals surface area (Å²) in [6, 6.07) is 0. The molecule has 0 spiro atoms. The summed E-state index contributed by atoms with van der Waals surface area (Å²) in [7, 11) is 0. The predicted octanol–water partition coefficient (Wildman–Crippen LogP) is 3.16. The van der Waals surface area contributed by atoms with Crippen LogP contribution in [0, 0.1) is 6.92 Å². The Labute approximate surface area is 78.3 Å². The lowest BCUT2D eigenvalue weighted by Gasteiger charge is -1.94. The van der Waals surface area contributed by atoms with Gasteiger partial charge >= 0.3 is 0 Å². The van der Waals surface area contributed by atoms with Crippen LogP contribution >= 0.6 is 58.0 Å². The van der Waals surface area contributed by atoms with Crippen molar-refractivity contribution in [3.8, 4) is 0 Å². The van der Waals surface area contributed by atoms with Gasteiger partial charge in [0, 0.05) is 0 Å². The normalized spacial score (nSPS) is 34.0. The van der Waals surface area contributed by atoms with Crippen LogP contribution in [-0.4, -0.2) is 13.5 Å². The third-order valence-electron chi connectivity index (χ3n) is 1.33. The van der Waals surface area contributed by atoms with Crippen molar-refractivity contribution in [2.24, 2.45) is 0 Å². The molecule has 0 N–H and O–H groups in total. The highest BCUT2D eigenvalue weighted by Crippen LogP contribution is 2.74. The lowest BCUT2D eigenvalue weighted by molar-refractivity contribution is 1.13. The molecule has 0 aliphatic heterocycles. The zero-order valence-corrected chi connectivity index (χ0v) is 7.88. The van der Waals surface area contributed by atoms with Crippen molar-refractivity contribution in [1.82, 2.24) is 0 Å². The van der Waals surface area contributed by atoms with E-state index in [1.807, 2.05) is 0 Å². The summed E-state index contributed by atoms with van der Waals surface area (Å²) in [5.74, 6) is 0. The smallest absolute Gasteiger partial charge is 0.112 e. The second kappa shape index (κ2) is 1.78. The van der Waals surface area contributed by atoms with Crippen molar-refractivity contribution < 1.29 is 0 Å². The van der Waals surface area contributed by atoms with Crippen molar-refractivity contribution in [2.45, 2.75) is 13.5 Å². The molecule has 1 aliphatic carbocycles. The standard InChI is InChI=1S/C4H2Cl5/c1-2(5)3(6,7)4(2,8)9/h1H2. The molecule has 0 amide bonds. The van der Waals surface area contributed by atoms with Gasteiger partial charge < -0.3 is 0 Å². The maximum absolute atomic E-state index is 5.59. The maximum atomic E-state index is 5.59.